The lowest BCUT2D eigenvalue weighted by Gasteiger charge is -2.37. The first kappa shape index (κ1) is 17.4. The van der Waals surface area contributed by atoms with E-state index in [1.165, 1.54) is 7.11 Å². The summed E-state index contributed by atoms with van der Waals surface area (Å²) in [5, 5.41) is 0.197. The number of hydrogen-bond donors (Lipinski definition) is 0. The molecule has 0 spiro atoms. The van der Waals surface area contributed by atoms with Gasteiger partial charge in [0.2, 0.25) is 0 Å². The van der Waals surface area contributed by atoms with Crippen molar-refractivity contribution in [3.8, 4) is 0 Å². The van der Waals surface area contributed by atoms with Gasteiger partial charge in [-0.05, 0) is 32.0 Å². The molecule has 0 rings (SSSR count). The zero-order valence-electron chi connectivity index (χ0n) is 13.0. The Morgan fingerprint density at radius 2 is 1.67 bits per heavy atom. The minimum atomic E-state index is -1.74. The maximum atomic E-state index is 11.3. The van der Waals surface area contributed by atoms with Crippen molar-refractivity contribution in [2.24, 2.45) is 5.92 Å². The van der Waals surface area contributed by atoms with Crippen LogP contribution in [-0.4, -0.2) is 27.5 Å². The highest BCUT2D eigenvalue weighted by Gasteiger charge is 2.38. The first-order chi connectivity index (χ1) is 8.01. The van der Waals surface area contributed by atoms with Crippen molar-refractivity contribution in [2.75, 3.05) is 7.11 Å². The number of rotatable bonds is 5. The van der Waals surface area contributed by atoms with Crippen LogP contribution in [0, 0.1) is 5.92 Å². The second-order valence-electron chi connectivity index (χ2n) is 6.28. The lowest BCUT2D eigenvalue weighted by atomic mass is 10.1. The molecule has 0 aliphatic carbocycles. The molecule has 18 heavy (non-hydrogen) atoms. The van der Waals surface area contributed by atoms with Gasteiger partial charge in [-0.25, -0.2) is 0 Å². The normalized spacial score (nSPS) is 16.7. The quantitative estimate of drug-likeness (QED) is 0.434. The summed E-state index contributed by atoms with van der Waals surface area (Å²) >= 11 is 0. The lowest BCUT2D eigenvalue weighted by molar-refractivity contribution is -0.143. The molecule has 0 unspecified atom stereocenters. The van der Waals surface area contributed by atoms with Gasteiger partial charge in [-0.3, -0.25) is 4.79 Å². The summed E-state index contributed by atoms with van der Waals surface area (Å²) < 4.78 is 10.8. The standard InChI is InChI=1S/C14H28O3Si/c1-11(13(15)16-6)9-10-12(2)17-18(7,8)14(3,4)5/h9-12H,1-8H3/b10-9-/t11-,12-/m1/s1. The third-order valence-corrected chi connectivity index (χ3v) is 8.10. The van der Waals surface area contributed by atoms with E-state index in [2.05, 4.69) is 38.6 Å². The summed E-state index contributed by atoms with van der Waals surface area (Å²) in [7, 11) is -0.338. The van der Waals surface area contributed by atoms with Crippen LogP contribution in [0.2, 0.25) is 18.1 Å². The smallest absolute Gasteiger partial charge is 0.312 e. The van der Waals surface area contributed by atoms with Crippen LogP contribution >= 0.6 is 0 Å². The number of esters is 1. The monoisotopic (exact) mass is 272 g/mol. The Morgan fingerprint density at radius 1 is 1.17 bits per heavy atom. The van der Waals surface area contributed by atoms with E-state index in [1.54, 1.807) is 0 Å². The molecule has 0 aliphatic heterocycles. The van der Waals surface area contributed by atoms with Crippen molar-refractivity contribution in [1.29, 1.82) is 0 Å². The van der Waals surface area contributed by atoms with Crippen LogP contribution in [0.1, 0.15) is 34.6 Å². The molecule has 0 amide bonds. The van der Waals surface area contributed by atoms with Crippen LogP contribution < -0.4 is 0 Å². The first-order valence-electron chi connectivity index (χ1n) is 6.45. The van der Waals surface area contributed by atoms with Gasteiger partial charge in [0.1, 0.15) is 0 Å². The van der Waals surface area contributed by atoms with E-state index in [1.807, 2.05) is 26.0 Å². The van der Waals surface area contributed by atoms with E-state index in [4.69, 9.17) is 4.43 Å². The summed E-state index contributed by atoms with van der Waals surface area (Å²) in [5.74, 6) is -0.439. The highest BCUT2D eigenvalue weighted by molar-refractivity contribution is 6.74. The van der Waals surface area contributed by atoms with Crippen molar-refractivity contribution in [2.45, 2.75) is 58.9 Å². The van der Waals surface area contributed by atoms with Crippen molar-refractivity contribution >= 4 is 14.3 Å². The maximum absolute atomic E-state index is 11.3. The average molecular weight is 272 g/mol. The molecule has 0 aliphatic rings. The van der Waals surface area contributed by atoms with Gasteiger partial charge < -0.3 is 9.16 Å². The van der Waals surface area contributed by atoms with E-state index in [9.17, 15) is 4.79 Å². The molecule has 0 N–H and O–H groups in total. The molecule has 0 aromatic heterocycles. The van der Waals surface area contributed by atoms with E-state index < -0.39 is 8.32 Å². The van der Waals surface area contributed by atoms with Crippen molar-refractivity contribution in [3.05, 3.63) is 12.2 Å². The molecule has 0 saturated carbocycles. The minimum absolute atomic E-state index is 0.0259. The molecular formula is C14H28O3Si. The van der Waals surface area contributed by atoms with Gasteiger partial charge in [-0.2, -0.15) is 0 Å². The summed E-state index contributed by atoms with van der Waals surface area (Å²) in [4.78, 5) is 11.3. The maximum Gasteiger partial charge on any atom is 0.312 e. The van der Waals surface area contributed by atoms with Crippen molar-refractivity contribution < 1.29 is 14.0 Å². The Morgan fingerprint density at radius 3 is 2.06 bits per heavy atom. The molecule has 0 aromatic rings. The van der Waals surface area contributed by atoms with Crippen molar-refractivity contribution in [3.63, 3.8) is 0 Å². The number of ether oxygens (including phenoxy) is 1. The molecule has 4 heteroatoms. The summed E-state index contributed by atoms with van der Waals surface area (Å²) in [6.07, 6.45) is 3.82. The largest absolute Gasteiger partial charge is 0.469 e. The van der Waals surface area contributed by atoms with Gasteiger partial charge in [0, 0.05) is 0 Å². The van der Waals surface area contributed by atoms with E-state index in [0.717, 1.165) is 0 Å². The topological polar surface area (TPSA) is 35.5 Å². The fourth-order valence-electron chi connectivity index (χ4n) is 1.27. The number of carbonyl (C=O) groups excluding carboxylic acids is 1. The molecule has 3 nitrogen and oxygen atoms in total. The second kappa shape index (κ2) is 6.52. The predicted molar refractivity (Wildman–Crippen MR) is 78.1 cm³/mol. The fourth-order valence-corrected chi connectivity index (χ4v) is 2.63. The van der Waals surface area contributed by atoms with E-state index >= 15 is 0 Å². The molecule has 0 saturated heterocycles. The highest BCUT2D eigenvalue weighted by atomic mass is 28.4. The fraction of sp³-hybridized carbons (Fsp3) is 0.786. The molecule has 0 radical (unpaired) electrons. The second-order valence-corrected chi connectivity index (χ2v) is 11.0. The molecule has 0 aromatic carbocycles. The number of hydrogen-bond acceptors (Lipinski definition) is 3. The van der Waals surface area contributed by atoms with Crippen LogP contribution in [-0.2, 0) is 14.0 Å². The Labute approximate surface area is 113 Å². The average Bonchev–Trinajstić information content (AvgIpc) is 2.22. The molecule has 0 bridgehead atoms. The third-order valence-electron chi connectivity index (χ3n) is 3.53. The Bertz CT molecular complexity index is 303. The lowest BCUT2D eigenvalue weighted by Crippen LogP contribution is -2.42. The zero-order chi connectivity index (χ0) is 14.6. The Balaban J connectivity index is 4.48. The zero-order valence-corrected chi connectivity index (χ0v) is 14.0. The van der Waals surface area contributed by atoms with Crippen molar-refractivity contribution in [1.82, 2.24) is 0 Å². The molecule has 0 fully saturated rings. The van der Waals surface area contributed by atoms with Crippen LogP contribution in [0.15, 0.2) is 12.2 Å². The van der Waals surface area contributed by atoms with Gasteiger partial charge in [0.25, 0.3) is 0 Å². The number of methoxy groups -OCH3 is 1. The van der Waals surface area contributed by atoms with Crippen LogP contribution in [0.4, 0.5) is 0 Å². The Hall–Kier alpha value is -0.613. The van der Waals surface area contributed by atoms with Crippen LogP contribution in [0.3, 0.4) is 0 Å². The SMILES string of the molecule is COC(=O)[C@H](C)/C=C\[C@@H](C)O[Si](C)(C)C(C)(C)C. The summed E-state index contributed by atoms with van der Waals surface area (Å²) in [6.45, 7) is 14.9. The molecular weight excluding hydrogens is 244 g/mol. The van der Waals surface area contributed by atoms with Crippen LogP contribution in [0.25, 0.3) is 0 Å². The van der Waals surface area contributed by atoms with Crippen LogP contribution in [0.5, 0.6) is 0 Å². The third kappa shape index (κ3) is 5.36. The first-order valence-corrected chi connectivity index (χ1v) is 9.36. The summed E-state index contributed by atoms with van der Waals surface area (Å²) in [6, 6.07) is 0. The molecule has 0 heterocycles. The van der Waals surface area contributed by atoms with Gasteiger partial charge >= 0.3 is 5.97 Å². The van der Waals surface area contributed by atoms with Gasteiger partial charge in [0.15, 0.2) is 8.32 Å². The summed E-state index contributed by atoms with van der Waals surface area (Å²) in [5.41, 5.74) is 0. The van der Waals surface area contributed by atoms with Gasteiger partial charge in [-0.15, -0.1) is 0 Å². The predicted octanol–water partition coefficient (Wildman–Crippen LogP) is 3.76. The minimum Gasteiger partial charge on any atom is -0.469 e. The Kier molecular flexibility index (Phi) is 6.30. The highest BCUT2D eigenvalue weighted by Crippen LogP contribution is 2.37. The van der Waals surface area contributed by atoms with E-state index in [-0.39, 0.29) is 23.0 Å². The molecule has 106 valence electrons. The van der Waals surface area contributed by atoms with Gasteiger partial charge in [-0.1, -0.05) is 32.9 Å². The number of carbonyl (C=O) groups is 1. The van der Waals surface area contributed by atoms with Gasteiger partial charge in [0.05, 0.1) is 19.1 Å². The van der Waals surface area contributed by atoms with E-state index in [0.29, 0.717) is 0 Å². The molecule has 2 atom stereocenters.